The number of β-amino-alcohol motifs (C(OH)–C–C–N with tert-alkyl or cyclic N) is 1. The van der Waals surface area contributed by atoms with Crippen molar-refractivity contribution in [2.24, 2.45) is 0 Å². The smallest absolute Gasteiger partial charge is 0.165 e. The normalized spacial score (nSPS) is 41.6. The van der Waals surface area contributed by atoms with Gasteiger partial charge in [0.15, 0.2) is 5.60 Å². The molecule has 1 fully saturated rings. The molecule has 0 aromatic carbocycles. The third kappa shape index (κ3) is 1.13. The van der Waals surface area contributed by atoms with Gasteiger partial charge in [-0.05, 0) is 14.0 Å². The van der Waals surface area contributed by atoms with E-state index in [2.05, 4.69) is 0 Å². The maximum atomic E-state index is 9.44. The first-order chi connectivity index (χ1) is 4.57. The summed E-state index contributed by atoms with van der Waals surface area (Å²) >= 11 is 0. The highest BCUT2D eigenvalue weighted by molar-refractivity contribution is 5.08. The average molecular weight is 140 g/mol. The number of aliphatic hydroxyl groups is 1. The molecule has 3 nitrogen and oxygen atoms in total. The molecular weight excluding hydrogens is 128 g/mol. The molecule has 0 aliphatic carbocycles. The monoisotopic (exact) mass is 140 g/mol. The molecule has 0 saturated carbocycles. The van der Waals surface area contributed by atoms with E-state index in [1.165, 1.54) is 0 Å². The summed E-state index contributed by atoms with van der Waals surface area (Å²) in [7, 11) is 1.92. The van der Waals surface area contributed by atoms with E-state index in [-0.39, 0.29) is 0 Å². The van der Waals surface area contributed by atoms with Crippen LogP contribution >= 0.6 is 0 Å². The third-order valence-electron chi connectivity index (χ3n) is 2.10. The second-order valence-electron chi connectivity index (χ2n) is 3.11. The molecule has 56 valence electrons. The van der Waals surface area contributed by atoms with Gasteiger partial charge in [-0.25, -0.2) is 0 Å². The van der Waals surface area contributed by atoms with Crippen LogP contribution in [0.4, 0.5) is 0 Å². The van der Waals surface area contributed by atoms with E-state index >= 15 is 0 Å². The number of hydrogen-bond donors (Lipinski definition) is 1. The van der Waals surface area contributed by atoms with Crippen molar-refractivity contribution in [2.75, 3.05) is 13.6 Å². The second kappa shape index (κ2) is 2.22. The fourth-order valence-electron chi connectivity index (χ4n) is 1.36. The second-order valence-corrected chi connectivity index (χ2v) is 3.11. The number of likely N-dealkylation sites (N-methyl/N-ethyl adjacent to an activating group) is 1. The summed E-state index contributed by atoms with van der Waals surface area (Å²) < 4.78 is 0. The maximum absolute atomic E-state index is 9.44. The van der Waals surface area contributed by atoms with Gasteiger partial charge >= 0.3 is 0 Å². The fourth-order valence-corrected chi connectivity index (χ4v) is 1.36. The molecule has 0 amide bonds. The number of nitrogens with zero attached hydrogens (tertiary/aromatic N) is 2. The molecule has 1 saturated heterocycles. The van der Waals surface area contributed by atoms with Gasteiger partial charge in [0, 0.05) is 19.0 Å². The van der Waals surface area contributed by atoms with Crippen LogP contribution in [-0.2, 0) is 0 Å². The summed E-state index contributed by atoms with van der Waals surface area (Å²) in [6.07, 6.45) is 0.569. The molecule has 0 aromatic rings. The minimum absolute atomic E-state index is 0.324. The van der Waals surface area contributed by atoms with Crippen molar-refractivity contribution in [2.45, 2.75) is 25.0 Å². The van der Waals surface area contributed by atoms with Crippen molar-refractivity contribution in [3.05, 3.63) is 0 Å². The zero-order valence-electron chi connectivity index (χ0n) is 6.33. The molecular formula is C7H12N2O. The van der Waals surface area contributed by atoms with Crippen LogP contribution in [0.15, 0.2) is 0 Å². The standard InChI is InChI=1S/C7H12N2O/c1-6-3-7(10,4-8)5-9(6)2/h6,10H,3,5H2,1-2H3. The number of rotatable bonds is 0. The van der Waals surface area contributed by atoms with E-state index in [0.717, 1.165) is 0 Å². The number of hydrogen-bond acceptors (Lipinski definition) is 3. The molecule has 1 N–H and O–H groups in total. The molecule has 0 aromatic heterocycles. The molecule has 1 heterocycles. The predicted octanol–water partition coefficient (Wildman–Crippen LogP) is -0.0349. The van der Waals surface area contributed by atoms with Gasteiger partial charge in [0.2, 0.25) is 0 Å². The van der Waals surface area contributed by atoms with Gasteiger partial charge in [-0.2, -0.15) is 5.26 Å². The molecule has 3 heteroatoms. The predicted molar refractivity (Wildman–Crippen MR) is 37.3 cm³/mol. The van der Waals surface area contributed by atoms with Gasteiger partial charge in [0.05, 0.1) is 6.07 Å². The largest absolute Gasteiger partial charge is 0.374 e. The summed E-state index contributed by atoms with van der Waals surface area (Å²) in [6.45, 7) is 2.49. The van der Waals surface area contributed by atoms with Gasteiger partial charge < -0.3 is 5.11 Å². The van der Waals surface area contributed by atoms with Crippen molar-refractivity contribution in [1.82, 2.24) is 4.90 Å². The van der Waals surface area contributed by atoms with Crippen LogP contribution in [0.25, 0.3) is 0 Å². The highest BCUT2D eigenvalue weighted by atomic mass is 16.3. The van der Waals surface area contributed by atoms with Crippen LogP contribution in [0.2, 0.25) is 0 Å². The molecule has 10 heavy (non-hydrogen) atoms. The summed E-state index contributed by atoms with van der Waals surface area (Å²) in [5.41, 5.74) is -1.09. The van der Waals surface area contributed by atoms with Gasteiger partial charge in [0.25, 0.3) is 0 Å². The maximum Gasteiger partial charge on any atom is 0.165 e. The highest BCUT2D eigenvalue weighted by Gasteiger charge is 2.38. The Kier molecular flexibility index (Phi) is 1.67. The molecule has 0 bridgehead atoms. The lowest BCUT2D eigenvalue weighted by Crippen LogP contribution is -2.29. The summed E-state index contributed by atoms with van der Waals surface area (Å²) in [5, 5.41) is 18.0. The van der Waals surface area contributed by atoms with Gasteiger partial charge in [-0.1, -0.05) is 0 Å². The van der Waals surface area contributed by atoms with E-state index in [0.29, 0.717) is 19.0 Å². The Morgan fingerprint density at radius 2 is 2.40 bits per heavy atom. The van der Waals surface area contributed by atoms with Crippen LogP contribution in [0.3, 0.4) is 0 Å². The van der Waals surface area contributed by atoms with E-state index < -0.39 is 5.60 Å². The van der Waals surface area contributed by atoms with Crippen molar-refractivity contribution in [1.29, 1.82) is 5.26 Å². The van der Waals surface area contributed by atoms with Crippen molar-refractivity contribution >= 4 is 0 Å². The van der Waals surface area contributed by atoms with E-state index in [1.807, 2.05) is 24.9 Å². The first kappa shape index (κ1) is 7.52. The lowest BCUT2D eigenvalue weighted by molar-refractivity contribution is 0.110. The minimum atomic E-state index is -1.09. The quantitative estimate of drug-likeness (QED) is 0.480. The average Bonchev–Trinajstić information content (AvgIpc) is 2.10. The summed E-state index contributed by atoms with van der Waals surface area (Å²) in [4.78, 5) is 1.99. The molecule has 1 rings (SSSR count). The van der Waals surface area contributed by atoms with Gasteiger partial charge in [0.1, 0.15) is 0 Å². The van der Waals surface area contributed by atoms with Crippen molar-refractivity contribution < 1.29 is 5.11 Å². The van der Waals surface area contributed by atoms with Gasteiger partial charge in [-0.15, -0.1) is 0 Å². The Bertz CT molecular complexity index is 163. The molecule has 1 aliphatic heterocycles. The molecule has 0 spiro atoms. The third-order valence-corrected chi connectivity index (χ3v) is 2.10. The highest BCUT2D eigenvalue weighted by Crippen LogP contribution is 2.24. The number of nitriles is 1. The molecule has 2 unspecified atom stereocenters. The zero-order valence-corrected chi connectivity index (χ0v) is 6.33. The van der Waals surface area contributed by atoms with Crippen molar-refractivity contribution in [3.8, 4) is 6.07 Å². The Morgan fingerprint density at radius 3 is 2.60 bits per heavy atom. The molecule has 0 radical (unpaired) electrons. The zero-order chi connectivity index (χ0) is 7.78. The Hall–Kier alpha value is -0.590. The topological polar surface area (TPSA) is 47.3 Å². The Morgan fingerprint density at radius 1 is 1.80 bits per heavy atom. The van der Waals surface area contributed by atoms with Gasteiger partial charge in [-0.3, -0.25) is 4.90 Å². The fraction of sp³-hybridized carbons (Fsp3) is 0.857. The lowest BCUT2D eigenvalue weighted by Gasteiger charge is -2.12. The SMILES string of the molecule is CC1CC(O)(C#N)CN1C. The van der Waals surface area contributed by atoms with E-state index in [9.17, 15) is 5.11 Å². The summed E-state index contributed by atoms with van der Waals surface area (Å²) in [6, 6.07) is 2.24. The Balaban J connectivity index is 2.66. The molecule has 2 atom stereocenters. The first-order valence-corrected chi connectivity index (χ1v) is 3.41. The van der Waals surface area contributed by atoms with Crippen LogP contribution in [0.5, 0.6) is 0 Å². The Labute approximate surface area is 60.9 Å². The minimum Gasteiger partial charge on any atom is -0.374 e. The van der Waals surface area contributed by atoms with Crippen LogP contribution in [-0.4, -0.2) is 35.2 Å². The van der Waals surface area contributed by atoms with Crippen molar-refractivity contribution in [3.63, 3.8) is 0 Å². The summed E-state index contributed by atoms with van der Waals surface area (Å²) in [5.74, 6) is 0. The van der Waals surface area contributed by atoms with Crippen LogP contribution in [0.1, 0.15) is 13.3 Å². The van der Waals surface area contributed by atoms with Crippen LogP contribution < -0.4 is 0 Å². The lowest BCUT2D eigenvalue weighted by atomic mass is 10.0. The van der Waals surface area contributed by atoms with Crippen LogP contribution in [0, 0.1) is 11.3 Å². The number of likely N-dealkylation sites (tertiary alicyclic amines) is 1. The van der Waals surface area contributed by atoms with E-state index in [4.69, 9.17) is 5.26 Å². The first-order valence-electron chi connectivity index (χ1n) is 3.41. The molecule has 1 aliphatic rings. The van der Waals surface area contributed by atoms with E-state index in [1.54, 1.807) is 0 Å².